The van der Waals surface area contributed by atoms with Gasteiger partial charge in [-0.05, 0) is 44.9 Å². The lowest BCUT2D eigenvalue weighted by molar-refractivity contribution is -0.157. The zero-order valence-corrected chi connectivity index (χ0v) is 12.7. The highest BCUT2D eigenvalue weighted by molar-refractivity contribution is 5.99. The highest BCUT2D eigenvalue weighted by Gasteiger charge is 2.49. The van der Waals surface area contributed by atoms with Crippen molar-refractivity contribution in [3.63, 3.8) is 0 Å². The summed E-state index contributed by atoms with van der Waals surface area (Å²) in [5.74, 6) is 1.17. The van der Waals surface area contributed by atoms with Crippen LogP contribution < -0.4 is 5.32 Å². The van der Waals surface area contributed by atoms with Crippen LogP contribution in [-0.2, 0) is 9.59 Å². The average molecular weight is 266 g/mol. The van der Waals surface area contributed by atoms with Crippen LogP contribution in [0, 0.1) is 11.8 Å². The Hall–Kier alpha value is -1.06. The second kappa shape index (κ2) is 4.80. The molecule has 4 nitrogen and oxygen atoms in total. The molecule has 1 aliphatic carbocycles. The van der Waals surface area contributed by atoms with Gasteiger partial charge in [-0.15, -0.1) is 0 Å². The second-order valence-corrected chi connectivity index (χ2v) is 6.73. The largest absolute Gasteiger partial charge is 0.340 e. The smallest absolute Gasteiger partial charge is 0.248 e. The minimum Gasteiger partial charge on any atom is -0.340 e. The SMILES string of the molecule is CCC1C(=O)NC(C)(C)C(=O)N1C1CCC(C)C1C. The van der Waals surface area contributed by atoms with E-state index >= 15 is 0 Å². The number of carbonyl (C=O) groups is 2. The van der Waals surface area contributed by atoms with Crippen LogP contribution >= 0.6 is 0 Å². The molecule has 0 spiro atoms. The molecule has 4 unspecified atom stereocenters. The van der Waals surface area contributed by atoms with E-state index in [1.807, 2.05) is 11.8 Å². The van der Waals surface area contributed by atoms with Crippen LogP contribution in [-0.4, -0.2) is 34.3 Å². The zero-order valence-electron chi connectivity index (χ0n) is 12.7. The summed E-state index contributed by atoms with van der Waals surface area (Å²) in [5, 5.41) is 2.86. The Labute approximate surface area is 115 Å². The molecule has 2 amide bonds. The lowest BCUT2D eigenvalue weighted by Gasteiger charge is -2.46. The van der Waals surface area contributed by atoms with Gasteiger partial charge in [-0.2, -0.15) is 0 Å². The summed E-state index contributed by atoms with van der Waals surface area (Å²) >= 11 is 0. The molecule has 108 valence electrons. The van der Waals surface area contributed by atoms with Gasteiger partial charge in [0, 0.05) is 6.04 Å². The molecular weight excluding hydrogens is 240 g/mol. The van der Waals surface area contributed by atoms with E-state index in [9.17, 15) is 9.59 Å². The summed E-state index contributed by atoms with van der Waals surface area (Å²) in [6.45, 7) is 10.0. The summed E-state index contributed by atoms with van der Waals surface area (Å²) < 4.78 is 0. The maximum absolute atomic E-state index is 12.7. The van der Waals surface area contributed by atoms with Crippen LogP contribution in [0.25, 0.3) is 0 Å². The molecule has 1 saturated heterocycles. The van der Waals surface area contributed by atoms with Crippen molar-refractivity contribution in [3.05, 3.63) is 0 Å². The Morgan fingerprint density at radius 3 is 2.37 bits per heavy atom. The van der Waals surface area contributed by atoms with Crippen molar-refractivity contribution >= 4 is 11.8 Å². The van der Waals surface area contributed by atoms with Gasteiger partial charge in [0.25, 0.3) is 0 Å². The molecule has 1 heterocycles. The van der Waals surface area contributed by atoms with Gasteiger partial charge in [0.05, 0.1) is 0 Å². The van der Waals surface area contributed by atoms with Crippen molar-refractivity contribution < 1.29 is 9.59 Å². The van der Waals surface area contributed by atoms with Gasteiger partial charge in [0.1, 0.15) is 11.6 Å². The number of rotatable bonds is 2. The topological polar surface area (TPSA) is 49.4 Å². The predicted molar refractivity (Wildman–Crippen MR) is 74.5 cm³/mol. The Morgan fingerprint density at radius 1 is 1.26 bits per heavy atom. The summed E-state index contributed by atoms with van der Waals surface area (Å²) in [4.78, 5) is 26.8. The lowest BCUT2D eigenvalue weighted by atomic mass is 9.90. The van der Waals surface area contributed by atoms with Crippen LogP contribution in [0.3, 0.4) is 0 Å². The Bertz CT molecular complexity index is 392. The van der Waals surface area contributed by atoms with Crippen LogP contribution in [0.5, 0.6) is 0 Å². The van der Waals surface area contributed by atoms with Crippen LogP contribution in [0.4, 0.5) is 0 Å². The first kappa shape index (κ1) is 14.4. The quantitative estimate of drug-likeness (QED) is 0.830. The molecule has 0 aromatic heterocycles. The van der Waals surface area contributed by atoms with E-state index in [4.69, 9.17) is 0 Å². The Morgan fingerprint density at radius 2 is 1.89 bits per heavy atom. The van der Waals surface area contributed by atoms with E-state index in [1.54, 1.807) is 13.8 Å². The molecule has 1 N–H and O–H groups in total. The number of amides is 2. The third-order valence-electron chi connectivity index (χ3n) is 5.01. The van der Waals surface area contributed by atoms with Crippen LogP contribution in [0.2, 0.25) is 0 Å². The highest BCUT2D eigenvalue weighted by Crippen LogP contribution is 2.38. The molecular formula is C15H26N2O2. The minimum absolute atomic E-state index is 0.00106. The molecule has 0 radical (unpaired) electrons. The molecule has 2 rings (SSSR count). The molecule has 0 aromatic carbocycles. The van der Waals surface area contributed by atoms with Crippen LogP contribution in [0.15, 0.2) is 0 Å². The van der Waals surface area contributed by atoms with Gasteiger partial charge < -0.3 is 10.2 Å². The van der Waals surface area contributed by atoms with Crippen molar-refractivity contribution in [2.75, 3.05) is 0 Å². The van der Waals surface area contributed by atoms with Gasteiger partial charge >= 0.3 is 0 Å². The van der Waals surface area contributed by atoms with Crippen molar-refractivity contribution in [3.8, 4) is 0 Å². The zero-order chi connectivity index (χ0) is 14.4. The van der Waals surface area contributed by atoms with Crippen LogP contribution in [0.1, 0.15) is 53.9 Å². The number of nitrogens with zero attached hydrogens (tertiary/aromatic N) is 1. The summed E-state index contributed by atoms with van der Waals surface area (Å²) in [5.41, 5.74) is -0.770. The Kier molecular flexibility index (Phi) is 3.63. The highest BCUT2D eigenvalue weighted by atomic mass is 16.2. The molecule has 0 aromatic rings. The predicted octanol–water partition coefficient (Wildman–Crippen LogP) is 1.94. The first-order valence-corrected chi connectivity index (χ1v) is 7.44. The fraction of sp³-hybridized carbons (Fsp3) is 0.867. The molecule has 2 aliphatic rings. The van der Waals surface area contributed by atoms with Gasteiger partial charge in [-0.25, -0.2) is 0 Å². The normalized spacial score (nSPS) is 38.5. The first-order chi connectivity index (χ1) is 8.79. The van der Waals surface area contributed by atoms with Gasteiger partial charge in [0.2, 0.25) is 11.8 Å². The first-order valence-electron chi connectivity index (χ1n) is 7.44. The van der Waals surface area contributed by atoms with E-state index in [0.29, 0.717) is 18.3 Å². The van der Waals surface area contributed by atoms with Gasteiger partial charge in [-0.1, -0.05) is 20.8 Å². The summed E-state index contributed by atoms with van der Waals surface area (Å²) in [6.07, 6.45) is 2.85. The van der Waals surface area contributed by atoms with Crippen molar-refractivity contribution in [2.45, 2.75) is 71.5 Å². The van der Waals surface area contributed by atoms with E-state index < -0.39 is 5.54 Å². The standard InChI is InChI=1S/C15H26N2O2/c1-6-11-13(18)16-15(4,5)14(19)17(11)12-8-7-9(2)10(12)3/h9-12H,6-8H2,1-5H3,(H,16,18). The third kappa shape index (κ3) is 2.26. The maximum atomic E-state index is 12.7. The van der Waals surface area contributed by atoms with Gasteiger partial charge in [-0.3, -0.25) is 9.59 Å². The molecule has 0 bridgehead atoms. The molecule has 19 heavy (non-hydrogen) atoms. The molecule has 2 fully saturated rings. The lowest BCUT2D eigenvalue weighted by Crippen LogP contribution is -2.70. The average Bonchev–Trinajstić information content (AvgIpc) is 2.64. The van der Waals surface area contributed by atoms with E-state index in [-0.39, 0.29) is 23.9 Å². The monoisotopic (exact) mass is 266 g/mol. The molecule has 1 aliphatic heterocycles. The number of piperazine rings is 1. The number of nitrogens with one attached hydrogen (secondary N) is 1. The summed E-state index contributed by atoms with van der Waals surface area (Å²) in [7, 11) is 0. The molecule has 4 atom stereocenters. The van der Waals surface area contributed by atoms with Gasteiger partial charge in [0.15, 0.2) is 0 Å². The van der Waals surface area contributed by atoms with Crippen molar-refractivity contribution in [2.24, 2.45) is 11.8 Å². The number of hydrogen-bond donors (Lipinski definition) is 1. The van der Waals surface area contributed by atoms with E-state index in [2.05, 4.69) is 19.2 Å². The minimum atomic E-state index is -0.770. The number of carbonyl (C=O) groups excluding carboxylic acids is 2. The fourth-order valence-corrected chi connectivity index (χ4v) is 3.53. The summed E-state index contributed by atoms with van der Waals surface area (Å²) in [6, 6.07) is -0.0731. The van der Waals surface area contributed by atoms with Crippen molar-refractivity contribution in [1.82, 2.24) is 10.2 Å². The molecule has 4 heteroatoms. The maximum Gasteiger partial charge on any atom is 0.248 e. The fourth-order valence-electron chi connectivity index (χ4n) is 3.53. The van der Waals surface area contributed by atoms with E-state index in [0.717, 1.165) is 12.8 Å². The molecule has 1 saturated carbocycles. The third-order valence-corrected chi connectivity index (χ3v) is 5.01. The van der Waals surface area contributed by atoms with E-state index in [1.165, 1.54) is 0 Å². The van der Waals surface area contributed by atoms with Crippen molar-refractivity contribution in [1.29, 1.82) is 0 Å². The Balaban J connectivity index is 2.33. The second-order valence-electron chi connectivity index (χ2n) is 6.73. The number of hydrogen-bond acceptors (Lipinski definition) is 2.